The third-order valence-electron chi connectivity index (χ3n) is 1.98. The van der Waals surface area contributed by atoms with E-state index >= 15 is 0 Å². The van der Waals surface area contributed by atoms with Crippen LogP contribution in [0.2, 0.25) is 0 Å². The molecule has 0 saturated heterocycles. The van der Waals surface area contributed by atoms with Crippen LogP contribution in [0.1, 0.15) is 16.4 Å². The molecule has 0 atom stereocenters. The van der Waals surface area contributed by atoms with Crippen molar-refractivity contribution in [2.75, 3.05) is 5.73 Å². The summed E-state index contributed by atoms with van der Waals surface area (Å²) in [7, 11) is 0. The van der Waals surface area contributed by atoms with E-state index in [-0.39, 0.29) is 0 Å². The first-order valence-corrected chi connectivity index (χ1v) is 5.82. The van der Waals surface area contributed by atoms with Crippen LogP contribution in [0.15, 0.2) is 23.6 Å². The zero-order valence-corrected chi connectivity index (χ0v) is 9.83. The predicted octanol–water partition coefficient (Wildman–Crippen LogP) is 2.15. The Morgan fingerprint density at radius 2 is 2.25 bits per heavy atom. The number of hydrogen-bond acceptors (Lipinski definition) is 5. The second-order valence-corrected chi connectivity index (χ2v) is 4.45. The number of nitrogens with zero attached hydrogens (tertiary/aromatic N) is 2. The maximum Gasteiger partial charge on any atom is 0.156 e. The van der Waals surface area contributed by atoms with Crippen molar-refractivity contribution in [3.8, 4) is 0 Å². The maximum absolute atomic E-state index is 5.62. The van der Waals surface area contributed by atoms with Gasteiger partial charge in [0.1, 0.15) is 12.4 Å². The average molecular weight is 235 g/mol. The topological polar surface area (TPSA) is 61.0 Å². The first-order valence-electron chi connectivity index (χ1n) is 4.94. The predicted molar refractivity (Wildman–Crippen MR) is 64.0 cm³/mol. The molecular weight excluding hydrogens is 222 g/mol. The lowest BCUT2D eigenvalue weighted by atomic mass is 10.4. The molecule has 0 fully saturated rings. The Morgan fingerprint density at radius 3 is 2.94 bits per heavy atom. The fraction of sp³-hybridized carbons (Fsp3) is 0.273. The zero-order chi connectivity index (χ0) is 11.4. The van der Waals surface area contributed by atoms with Gasteiger partial charge in [-0.25, -0.2) is 9.97 Å². The van der Waals surface area contributed by atoms with Crippen LogP contribution in [-0.4, -0.2) is 9.97 Å². The summed E-state index contributed by atoms with van der Waals surface area (Å²) in [5, 5.41) is 2.03. The summed E-state index contributed by atoms with van der Waals surface area (Å²) in [6.45, 7) is 2.87. The monoisotopic (exact) mass is 235 g/mol. The lowest BCUT2D eigenvalue weighted by molar-refractivity contribution is 0.104. The van der Waals surface area contributed by atoms with Gasteiger partial charge in [-0.05, 0) is 18.4 Å². The largest absolute Gasteiger partial charge is 0.384 e. The lowest BCUT2D eigenvalue weighted by Gasteiger charge is -2.03. The molecule has 2 N–H and O–H groups in total. The van der Waals surface area contributed by atoms with Gasteiger partial charge in [-0.15, -0.1) is 11.3 Å². The van der Waals surface area contributed by atoms with E-state index in [0.717, 1.165) is 5.69 Å². The van der Waals surface area contributed by atoms with E-state index in [9.17, 15) is 0 Å². The highest BCUT2D eigenvalue weighted by Gasteiger charge is 2.01. The Morgan fingerprint density at radius 1 is 1.38 bits per heavy atom. The Labute approximate surface area is 98.1 Å². The van der Waals surface area contributed by atoms with Crippen molar-refractivity contribution in [1.29, 1.82) is 0 Å². The van der Waals surface area contributed by atoms with Crippen LogP contribution in [-0.2, 0) is 18.0 Å². The van der Waals surface area contributed by atoms with Crippen molar-refractivity contribution < 1.29 is 4.74 Å². The van der Waals surface area contributed by atoms with Crippen LogP contribution >= 0.6 is 11.3 Å². The van der Waals surface area contributed by atoms with Crippen LogP contribution in [0.25, 0.3) is 0 Å². The number of hydrogen-bond donors (Lipinski definition) is 1. The van der Waals surface area contributed by atoms with Crippen LogP contribution in [0.5, 0.6) is 0 Å². The molecule has 0 amide bonds. The lowest BCUT2D eigenvalue weighted by Crippen LogP contribution is -2.03. The van der Waals surface area contributed by atoms with Gasteiger partial charge in [-0.3, -0.25) is 0 Å². The molecule has 0 aliphatic heterocycles. The highest BCUT2D eigenvalue weighted by molar-refractivity contribution is 7.09. The molecule has 16 heavy (non-hydrogen) atoms. The fourth-order valence-electron chi connectivity index (χ4n) is 1.36. The summed E-state index contributed by atoms with van der Waals surface area (Å²) in [5.41, 5.74) is 6.48. The average Bonchev–Trinajstić information content (AvgIpc) is 2.69. The minimum atomic E-state index is 0.393. The van der Waals surface area contributed by atoms with E-state index in [4.69, 9.17) is 10.5 Å². The van der Waals surface area contributed by atoms with Crippen molar-refractivity contribution >= 4 is 17.2 Å². The highest BCUT2D eigenvalue weighted by atomic mass is 32.1. The third-order valence-corrected chi connectivity index (χ3v) is 2.83. The standard InChI is InChI=1S/C11H13N3OS/c1-8-5-10(12)14-11(13-8)7-15-6-9-3-2-4-16-9/h2-5H,6-7H2,1H3,(H2,12,13,14). The van der Waals surface area contributed by atoms with Crippen LogP contribution in [0.4, 0.5) is 5.82 Å². The minimum Gasteiger partial charge on any atom is -0.384 e. The van der Waals surface area contributed by atoms with Crippen LogP contribution < -0.4 is 5.73 Å². The van der Waals surface area contributed by atoms with Crippen molar-refractivity contribution in [2.45, 2.75) is 20.1 Å². The molecule has 0 unspecified atom stereocenters. The molecule has 84 valence electrons. The van der Waals surface area contributed by atoms with Gasteiger partial charge in [0.15, 0.2) is 5.82 Å². The highest BCUT2D eigenvalue weighted by Crippen LogP contribution is 2.11. The number of nitrogens with two attached hydrogens (primary N) is 1. The molecule has 0 aliphatic rings. The van der Waals surface area contributed by atoms with Gasteiger partial charge < -0.3 is 10.5 Å². The normalized spacial score (nSPS) is 10.6. The molecule has 0 aromatic carbocycles. The number of aryl methyl sites for hydroxylation is 1. The molecule has 4 nitrogen and oxygen atoms in total. The Bertz CT molecular complexity index is 436. The van der Waals surface area contributed by atoms with Crippen LogP contribution in [0.3, 0.4) is 0 Å². The summed E-state index contributed by atoms with van der Waals surface area (Å²) in [6, 6.07) is 5.78. The zero-order valence-electron chi connectivity index (χ0n) is 9.01. The van der Waals surface area contributed by atoms with E-state index in [2.05, 4.69) is 9.97 Å². The van der Waals surface area contributed by atoms with Gasteiger partial charge in [0.05, 0.1) is 6.61 Å². The number of rotatable bonds is 4. The molecule has 0 saturated carbocycles. The Kier molecular flexibility index (Phi) is 3.48. The molecule has 0 bridgehead atoms. The summed E-state index contributed by atoms with van der Waals surface area (Å²) >= 11 is 1.67. The molecule has 0 radical (unpaired) electrons. The number of aromatic nitrogens is 2. The van der Waals surface area contributed by atoms with Crippen molar-refractivity contribution in [3.63, 3.8) is 0 Å². The van der Waals surface area contributed by atoms with Gasteiger partial charge in [-0.1, -0.05) is 6.07 Å². The molecule has 2 heterocycles. The molecule has 0 aliphatic carbocycles. The third kappa shape index (κ3) is 3.01. The fourth-order valence-corrected chi connectivity index (χ4v) is 2.00. The van der Waals surface area contributed by atoms with Crippen molar-refractivity contribution in [3.05, 3.63) is 40.0 Å². The van der Waals surface area contributed by atoms with E-state index < -0.39 is 0 Å². The van der Waals surface area contributed by atoms with E-state index in [1.807, 2.05) is 24.4 Å². The number of ether oxygens (including phenoxy) is 1. The van der Waals surface area contributed by atoms with Crippen molar-refractivity contribution in [1.82, 2.24) is 9.97 Å². The maximum atomic E-state index is 5.62. The first-order chi connectivity index (χ1) is 7.74. The second-order valence-electron chi connectivity index (χ2n) is 3.42. The molecule has 2 rings (SSSR count). The number of nitrogen functional groups attached to an aromatic ring is 1. The number of thiophene rings is 1. The minimum absolute atomic E-state index is 0.393. The second kappa shape index (κ2) is 5.05. The number of anilines is 1. The van der Waals surface area contributed by atoms with Gasteiger partial charge in [0, 0.05) is 16.6 Å². The van der Waals surface area contributed by atoms with E-state index in [1.165, 1.54) is 4.88 Å². The molecule has 5 heteroatoms. The van der Waals surface area contributed by atoms with Gasteiger partial charge in [-0.2, -0.15) is 0 Å². The van der Waals surface area contributed by atoms with E-state index in [0.29, 0.717) is 24.9 Å². The quantitative estimate of drug-likeness (QED) is 0.882. The van der Waals surface area contributed by atoms with Gasteiger partial charge >= 0.3 is 0 Å². The Hall–Kier alpha value is -1.46. The first kappa shape index (κ1) is 11.0. The SMILES string of the molecule is Cc1cc(N)nc(COCc2cccs2)n1. The van der Waals surface area contributed by atoms with Crippen molar-refractivity contribution in [2.24, 2.45) is 0 Å². The molecular formula is C11H13N3OS. The van der Waals surface area contributed by atoms with Gasteiger partial charge in [0.25, 0.3) is 0 Å². The molecule has 2 aromatic rings. The summed E-state index contributed by atoms with van der Waals surface area (Å²) < 4.78 is 5.50. The smallest absolute Gasteiger partial charge is 0.156 e. The summed E-state index contributed by atoms with van der Waals surface area (Å²) in [6.07, 6.45) is 0. The van der Waals surface area contributed by atoms with Crippen LogP contribution in [0, 0.1) is 6.92 Å². The van der Waals surface area contributed by atoms with E-state index in [1.54, 1.807) is 17.4 Å². The molecule has 2 aromatic heterocycles. The molecule has 0 spiro atoms. The Balaban J connectivity index is 1.89. The van der Waals surface area contributed by atoms with Gasteiger partial charge in [0.2, 0.25) is 0 Å². The summed E-state index contributed by atoms with van der Waals surface area (Å²) in [4.78, 5) is 9.53. The summed E-state index contributed by atoms with van der Waals surface area (Å²) in [5.74, 6) is 1.12.